The van der Waals surface area contributed by atoms with Crippen molar-refractivity contribution in [2.75, 3.05) is 16.8 Å². The summed E-state index contributed by atoms with van der Waals surface area (Å²) in [4.78, 5) is 25.8. The molecule has 2 N–H and O–H groups in total. The Morgan fingerprint density at radius 3 is 2.57 bits per heavy atom. The monoisotopic (exact) mass is 280 g/mol. The van der Waals surface area contributed by atoms with Crippen LogP contribution in [0.5, 0.6) is 0 Å². The summed E-state index contributed by atoms with van der Waals surface area (Å²) in [5, 5.41) is 13.8. The molecule has 5 nitrogen and oxygen atoms in total. The number of para-hydroxylation sites is 1. The summed E-state index contributed by atoms with van der Waals surface area (Å²) < 4.78 is 0. The molecule has 2 aromatic rings. The van der Waals surface area contributed by atoms with Crippen molar-refractivity contribution >= 4 is 23.2 Å². The fourth-order valence-corrected chi connectivity index (χ4v) is 3.08. The van der Waals surface area contributed by atoms with E-state index in [0.29, 0.717) is 22.5 Å². The molecular weight excluding hydrogens is 268 g/mol. The number of nitrogens with one attached hydrogen (secondary N) is 1. The predicted octanol–water partition coefficient (Wildman–Crippen LogP) is 1.22. The molecule has 1 atom stereocenters. The maximum absolute atomic E-state index is 12.7. The lowest BCUT2D eigenvalue weighted by Crippen LogP contribution is -2.45. The zero-order chi connectivity index (χ0) is 14.6. The summed E-state index contributed by atoms with van der Waals surface area (Å²) in [7, 11) is 0. The van der Waals surface area contributed by atoms with Gasteiger partial charge in [0.2, 0.25) is 5.91 Å². The van der Waals surface area contributed by atoms with Crippen LogP contribution in [-0.2, 0) is 15.2 Å². The third-order valence-corrected chi connectivity index (χ3v) is 4.02. The van der Waals surface area contributed by atoms with Gasteiger partial charge in [-0.15, -0.1) is 0 Å². The van der Waals surface area contributed by atoms with E-state index in [4.69, 9.17) is 0 Å². The first-order chi connectivity index (χ1) is 10.1. The number of benzene rings is 2. The third kappa shape index (κ3) is 1.43. The lowest BCUT2D eigenvalue weighted by Gasteiger charge is -2.25. The summed E-state index contributed by atoms with van der Waals surface area (Å²) in [6, 6.07) is 14.0. The zero-order valence-electron chi connectivity index (χ0n) is 11.0. The molecule has 2 aromatic carbocycles. The quantitative estimate of drug-likeness (QED) is 0.825. The molecule has 0 radical (unpaired) electrons. The van der Waals surface area contributed by atoms with Gasteiger partial charge in [0.05, 0.1) is 11.4 Å². The highest BCUT2D eigenvalue weighted by molar-refractivity contribution is 6.18. The summed E-state index contributed by atoms with van der Waals surface area (Å²) >= 11 is 0. The van der Waals surface area contributed by atoms with Gasteiger partial charge in [0, 0.05) is 5.56 Å². The van der Waals surface area contributed by atoms with E-state index in [9.17, 15) is 14.7 Å². The van der Waals surface area contributed by atoms with Gasteiger partial charge in [-0.05, 0) is 11.6 Å². The lowest BCUT2D eigenvalue weighted by atomic mass is 9.87. The summed E-state index contributed by atoms with van der Waals surface area (Å²) in [5.41, 5.74) is 0.428. The van der Waals surface area contributed by atoms with Gasteiger partial charge in [0.25, 0.3) is 5.91 Å². The molecule has 2 aliphatic rings. The number of hydrogen-bond acceptors (Lipinski definition) is 3. The van der Waals surface area contributed by atoms with Gasteiger partial charge in [-0.2, -0.15) is 0 Å². The van der Waals surface area contributed by atoms with Crippen molar-refractivity contribution in [2.24, 2.45) is 0 Å². The highest BCUT2D eigenvalue weighted by Crippen LogP contribution is 2.48. The normalized spacial score (nSPS) is 23.0. The van der Waals surface area contributed by atoms with Crippen molar-refractivity contribution in [1.82, 2.24) is 0 Å². The maximum atomic E-state index is 12.7. The number of carbonyl (C=O) groups is 2. The SMILES string of the molecule is O=C1CN2C(=O)C(O)(c3ccccc3)c3cccc(c32)N1. The van der Waals surface area contributed by atoms with Gasteiger partial charge < -0.3 is 10.4 Å². The van der Waals surface area contributed by atoms with E-state index in [1.54, 1.807) is 42.5 Å². The minimum atomic E-state index is -1.74. The van der Waals surface area contributed by atoms with Crippen LogP contribution in [0.1, 0.15) is 11.1 Å². The molecule has 104 valence electrons. The maximum Gasteiger partial charge on any atom is 0.269 e. The Morgan fingerprint density at radius 1 is 1.05 bits per heavy atom. The molecule has 0 bridgehead atoms. The first-order valence-corrected chi connectivity index (χ1v) is 6.65. The molecule has 1 unspecified atom stereocenters. The first kappa shape index (κ1) is 12.1. The summed E-state index contributed by atoms with van der Waals surface area (Å²) in [6.45, 7) is -0.0714. The van der Waals surface area contributed by atoms with Crippen molar-refractivity contribution in [3.05, 3.63) is 59.7 Å². The summed E-state index contributed by atoms with van der Waals surface area (Å²) in [5.74, 6) is -0.740. The van der Waals surface area contributed by atoms with Gasteiger partial charge in [0.15, 0.2) is 5.60 Å². The smallest absolute Gasteiger partial charge is 0.269 e. The van der Waals surface area contributed by atoms with Crippen LogP contribution in [0, 0.1) is 0 Å². The Balaban J connectivity index is 2.00. The molecule has 2 aliphatic heterocycles. The van der Waals surface area contributed by atoms with Crippen molar-refractivity contribution in [2.45, 2.75) is 5.60 Å². The molecule has 0 saturated carbocycles. The number of nitrogens with zero attached hydrogens (tertiary/aromatic N) is 1. The molecule has 0 aliphatic carbocycles. The van der Waals surface area contributed by atoms with E-state index in [2.05, 4.69) is 5.32 Å². The molecule has 0 spiro atoms. The Morgan fingerprint density at radius 2 is 1.81 bits per heavy atom. The van der Waals surface area contributed by atoms with E-state index < -0.39 is 11.5 Å². The minimum Gasteiger partial charge on any atom is -0.372 e. The van der Waals surface area contributed by atoms with Crippen LogP contribution in [-0.4, -0.2) is 23.5 Å². The van der Waals surface area contributed by atoms with E-state index in [0.717, 1.165) is 0 Å². The van der Waals surface area contributed by atoms with Crippen molar-refractivity contribution in [3.8, 4) is 0 Å². The topological polar surface area (TPSA) is 69.6 Å². The number of amides is 2. The van der Waals surface area contributed by atoms with Crippen LogP contribution in [0.2, 0.25) is 0 Å². The van der Waals surface area contributed by atoms with Crippen LogP contribution in [0.15, 0.2) is 48.5 Å². The largest absolute Gasteiger partial charge is 0.372 e. The molecule has 2 amide bonds. The van der Waals surface area contributed by atoms with Crippen LogP contribution >= 0.6 is 0 Å². The molecule has 0 aromatic heterocycles. The van der Waals surface area contributed by atoms with E-state index in [1.807, 2.05) is 6.07 Å². The van der Waals surface area contributed by atoms with E-state index in [1.165, 1.54) is 4.90 Å². The van der Waals surface area contributed by atoms with Crippen molar-refractivity contribution < 1.29 is 14.7 Å². The van der Waals surface area contributed by atoms with Crippen molar-refractivity contribution in [1.29, 1.82) is 0 Å². The molecule has 2 heterocycles. The van der Waals surface area contributed by atoms with Gasteiger partial charge >= 0.3 is 0 Å². The van der Waals surface area contributed by atoms with Crippen LogP contribution in [0.4, 0.5) is 11.4 Å². The number of rotatable bonds is 1. The fourth-order valence-electron chi connectivity index (χ4n) is 3.08. The Bertz CT molecular complexity index is 772. The molecular formula is C16H12N2O3. The van der Waals surface area contributed by atoms with Crippen LogP contribution in [0.3, 0.4) is 0 Å². The lowest BCUT2D eigenvalue weighted by molar-refractivity contribution is -0.133. The fraction of sp³-hybridized carbons (Fsp3) is 0.125. The Kier molecular flexibility index (Phi) is 2.26. The van der Waals surface area contributed by atoms with Crippen LogP contribution < -0.4 is 10.2 Å². The molecule has 0 saturated heterocycles. The average molecular weight is 280 g/mol. The highest BCUT2D eigenvalue weighted by atomic mass is 16.3. The zero-order valence-corrected chi connectivity index (χ0v) is 11.0. The number of anilines is 2. The van der Waals surface area contributed by atoms with E-state index >= 15 is 0 Å². The van der Waals surface area contributed by atoms with Crippen LogP contribution in [0.25, 0.3) is 0 Å². The average Bonchev–Trinajstić information content (AvgIpc) is 2.73. The molecule has 5 heteroatoms. The third-order valence-electron chi connectivity index (χ3n) is 4.02. The van der Waals surface area contributed by atoms with Gasteiger partial charge in [-0.3, -0.25) is 14.5 Å². The second-order valence-corrected chi connectivity index (χ2v) is 5.22. The molecule has 21 heavy (non-hydrogen) atoms. The minimum absolute atomic E-state index is 0.0714. The second kappa shape index (κ2) is 3.93. The van der Waals surface area contributed by atoms with E-state index in [-0.39, 0.29) is 12.5 Å². The van der Waals surface area contributed by atoms with Crippen molar-refractivity contribution in [3.63, 3.8) is 0 Å². The number of hydrogen-bond donors (Lipinski definition) is 2. The number of carbonyl (C=O) groups excluding carboxylic acids is 2. The molecule has 0 fully saturated rings. The first-order valence-electron chi connectivity index (χ1n) is 6.65. The Hall–Kier alpha value is -2.66. The van der Waals surface area contributed by atoms with Gasteiger partial charge in [0.1, 0.15) is 6.54 Å². The second-order valence-electron chi connectivity index (χ2n) is 5.22. The van der Waals surface area contributed by atoms with Gasteiger partial charge in [-0.1, -0.05) is 42.5 Å². The molecule has 4 rings (SSSR count). The number of aliphatic hydroxyl groups is 1. The predicted molar refractivity (Wildman–Crippen MR) is 76.9 cm³/mol. The Labute approximate surface area is 120 Å². The highest BCUT2D eigenvalue weighted by Gasteiger charge is 2.53. The summed E-state index contributed by atoms with van der Waals surface area (Å²) in [6.07, 6.45) is 0. The van der Waals surface area contributed by atoms with Gasteiger partial charge in [-0.25, -0.2) is 0 Å². The standard InChI is InChI=1S/C16H12N2O3/c19-13-9-18-14-11(7-4-8-12(14)17-13)16(21,15(18)20)10-5-2-1-3-6-10/h1-8,21H,9H2,(H,17,19).